The van der Waals surface area contributed by atoms with E-state index in [1.54, 1.807) is 51.7 Å². The van der Waals surface area contributed by atoms with Crippen molar-refractivity contribution in [2.45, 2.75) is 33.3 Å². The summed E-state index contributed by atoms with van der Waals surface area (Å²) in [7, 11) is 4.76. The Kier molecular flexibility index (Phi) is 10.3. The summed E-state index contributed by atoms with van der Waals surface area (Å²) in [4.78, 5) is 27.0. The molecule has 0 bridgehead atoms. The first kappa shape index (κ1) is 32.2. The molecule has 0 fully saturated rings. The van der Waals surface area contributed by atoms with Crippen molar-refractivity contribution in [3.8, 4) is 28.7 Å². The Labute approximate surface area is 270 Å². The summed E-state index contributed by atoms with van der Waals surface area (Å²) in [5, 5.41) is 4.41. The number of rotatable bonds is 13. The van der Waals surface area contributed by atoms with Crippen LogP contribution in [0.1, 0.15) is 34.1 Å². The molecule has 5 rings (SSSR count). The smallest absolute Gasteiger partial charge is 0.363 e. The molecule has 1 aromatic heterocycles. The first-order chi connectivity index (χ1) is 22.3. The van der Waals surface area contributed by atoms with E-state index < -0.39 is 17.1 Å². The molecule has 0 aliphatic carbocycles. The largest absolute Gasteiger partial charge is 0.497 e. The highest BCUT2D eigenvalue weighted by molar-refractivity contribution is 6.37. The number of nitrogens with zero attached hydrogens (tertiary/aromatic N) is 2. The second-order valence-electron chi connectivity index (χ2n) is 10.1. The quantitative estimate of drug-likeness (QED) is 0.131. The predicted octanol–water partition coefficient (Wildman–Crippen LogP) is 6.61. The molecule has 10 nitrogen and oxygen atoms in total. The number of hydrogen-bond acceptors (Lipinski definition) is 9. The number of halogens is 1. The van der Waals surface area contributed by atoms with Gasteiger partial charge in [-0.05, 0) is 60.0 Å². The predicted molar refractivity (Wildman–Crippen MR) is 173 cm³/mol. The second-order valence-corrected chi connectivity index (χ2v) is 10.5. The lowest BCUT2D eigenvalue weighted by Gasteiger charge is -2.18. The van der Waals surface area contributed by atoms with Crippen LogP contribution in [0.15, 0.2) is 83.7 Å². The van der Waals surface area contributed by atoms with E-state index >= 15 is 0 Å². The Bertz CT molecular complexity index is 1870. The third-order valence-electron chi connectivity index (χ3n) is 7.23. The highest BCUT2D eigenvalue weighted by atomic mass is 35.5. The van der Waals surface area contributed by atoms with Crippen molar-refractivity contribution in [2.24, 2.45) is 0 Å². The molecule has 5 aromatic rings. The number of aryl methyl sites for hydroxylation is 1. The van der Waals surface area contributed by atoms with Gasteiger partial charge in [-0.2, -0.15) is 5.10 Å². The molecule has 46 heavy (non-hydrogen) atoms. The number of ether oxygens (including phenoxy) is 6. The molecule has 0 aliphatic heterocycles. The Balaban J connectivity index is 1.51. The molecule has 0 spiro atoms. The molecule has 0 atom stereocenters. The van der Waals surface area contributed by atoms with Crippen LogP contribution in [0.2, 0.25) is 5.02 Å². The fraction of sp³-hybridized carbons (Fsp3) is 0.229. The van der Waals surface area contributed by atoms with Crippen LogP contribution < -0.4 is 29.1 Å². The molecule has 11 heteroatoms. The lowest BCUT2D eigenvalue weighted by atomic mass is 10.1. The molecule has 0 radical (unpaired) electrons. The molecule has 0 saturated carbocycles. The molecule has 0 saturated heterocycles. The average Bonchev–Trinajstić information content (AvgIpc) is 3.10. The first-order valence-electron chi connectivity index (χ1n) is 14.4. The second kappa shape index (κ2) is 14.7. The van der Waals surface area contributed by atoms with Gasteiger partial charge in [0.2, 0.25) is 11.1 Å². The van der Waals surface area contributed by atoms with Crippen LogP contribution >= 0.6 is 11.6 Å². The van der Waals surface area contributed by atoms with E-state index in [0.29, 0.717) is 29.3 Å². The van der Waals surface area contributed by atoms with Gasteiger partial charge in [0, 0.05) is 12.6 Å². The minimum Gasteiger partial charge on any atom is -0.497 e. The molecule has 4 aromatic carbocycles. The third kappa shape index (κ3) is 7.18. The summed E-state index contributed by atoms with van der Waals surface area (Å²) in [6.45, 7) is 2.41. The van der Waals surface area contributed by atoms with Gasteiger partial charge in [-0.3, -0.25) is 9.48 Å². The number of fused-ring (bicyclic) bond motifs is 1. The Morgan fingerprint density at radius 1 is 0.739 bits per heavy atom. The lowest BCUT2D eigenvalue weighted by Crippen LogP contribution is -2.25. The van der Waals surface area contributed by atoms with E-state index in [1.807, 2.05) is 55.5 Å². The standard InChI is InChI=1S/C35H33ClN2O8/c1-5-38-28-18-29(44-19-22-6-12-25(41-2)13-7-22)34(45-20-23-8-14-26(42-3)15-9-23)31(36)30(28)33(39)32(37-38)35(40)46-21-24-10-16-27(43-4)17-11-24/h6-18H,5,19-21H2,1-4H3. The fourth-order valence-corrected chi connectivity index (χ4v) is 5.00. The molecular weight excluding hydrogens is 612 g/mol. The van der Waals surface area contributed by atoms with Crippen LogP contribution in [0.3, 0.4) is 0 Å². The van der Waals surface area contributed by atoms with Gasteiger partial charge in [-0.25, -0.2) is 4.79 Å². The molecular formula is C35H33ClN2O8. The first-order valence-corrected chi connectivity index (χ1v) is 14.8. The molecule has 0 aliphatic rings. The van der Waals surface area contributed by atoms with Crippen LogP contribution in [-0.2, 0) is 31.1 Å². The van der Waals surface area contributed by atoms with Crippen molar-refractivity contribution < 1.29 is 33.2 Å². The van der Waals surface area contributed by atoms with Crippen LogP contribution in [0.5, 0.6) is 28.7 Å². The highest BCUT2D eigenvalue weighted by Gasteiger charge is 2.25. The number of hydrogen-bond donors (Lipinski definition) is 0. The lowest BCUT2D eigenvalue weighted by molar-refractivity contribution is 0.0461. The fourth-order valence-electron chi connectivity index (χ4n) is 4.67. The minimum atomic E-state index is -0.874. The summed E-state index contributed by atoms with van der Waals surface area (Å²) in [6.07, 6.45) is 0. The number of carbonyl (C=O) groups excluding carboxylic acids is 1. The molecule has 0 N–H and O–H groups in total. The number of esters is 1. The molecule has 238 valence electrons. The van der Waals surface area contributed by atoms with E-state index in [-0.39, 0.29) is 36.0 Å². The van der Waals surface area contributed by atoms with Gasteiger partial charge in [0.1, 0.15) is 37.1 Å². The Morgan fingerprint density at radius 2 is 1.22 bits per heavy atom. The van der Waals surface area contributed by atoms with Crippen LogP contribution in [0.4, 0.5) is 0 Å². The Morgan fingerprint density at radius 3 is 1.70 bits per heavy atom. The zero-order chi connectivity index (χ0) is 32.6. The molecule has 0 amide bonds. The SMILES string of the molecule is CCn1nc(C(=O)OCc2ccc(OC)cc2)c(=O)c2c(Cl)c(OCc3ccc(OC)cc3)c(OCc3ccc(OC)cc3)cc21. The highest BCUT2D eigenvalue weighted by Crippen LogP contribution is 2.41. The van der Waals surface area contributed by atoms with Gasteiger partial charge < -0.3 is 28.4 Å². The number of carbonyl (C=O) groups is 1. The van der Waals surface area contributed by atoms with Crippen molar-refractivity contribution in [1.82, 2.24) is 9.78 Å². The van der Waals surface area contributed by atoms with E-state index in [1.165, 1.54) is 4.68 Å². The van der Waals surface area contributed by atoms with Gasteiger partial charge >= 0.3 is 5.97 Å². The zero-order valence-electron chi connectivity index (χ0n) is 25.9. The van der Waals surface area contributed by atoms with Gasteiger partial charge in [-0.1, -0.05) is 48.0 Å². The maximum Gasteiger partial charge on any atom is 0.363 e. The summed E-state index contributed by atoms with van der Waals surface area (Å²) in [5.74, 6) is 1.68. The van der Waals surface area contributed by atoms with Crippen molar-refractivity contribution in [2.75, 3.05) is 21.3 Å². The zero-order valence-corrected chi connectivity index (χ0v) is 26.6. The summed E-state index contributed by atoms with van der Waals surface area (Å²) in [5.41, 5.74) is 1.74. The summed E-state index contributed by atoms with van der Waals surface area (Å²) >= 11 is 6.95. The van der Waals surface area contributed by atoms with Crippen LogP contribution in [0, 0.1) is 0 Å². The number of aromatic nitrogens is 2. The van der Waals surface area contributed by atoms with Crippen molar-refractivity contribution in [3.05, 3.63) is 116 Å². The topological polar surface area (TPSA) is 107 Å². The maximum absolute atomic E-state index is 13.8. The normalized spacial score (nSPS) is 10.8. The van der Waals surface area contributed by atoms with E-state index in [2.05, 4.69) is 5.10 Å². The summed E-state index contributed by atoms with van der Waals surface area (Å²) < 4.78 is 35.1. The van der Waals surface area contributed by atoms with E-state index in [9.17, 15) is 9.59 Å². The monoisotopic (exact) mass is 644 g/mol. The Hall–Kier alpha value is -5.22. The number of methoxy groups -OCH3 is 3. The van der Waals surface area contributed by atoms with Gasteiger partial charge in [0.05, 0.1) is 37.3 Å². The minimum absolute atomic E-state index is 0.00505. The van der Waals surface area contributed by atoms with Crippen molar-refractivity contribution >= 4 is 28.5 Å². The van der Waals surface area contributed by atoms with Crippen molar-refractivity contribution in [3.63, 3.8) is 0 Å². The van der Waals surface area contributed by atoms with Crippen LogP contribution in [-0.4, -0.2) is 37.1 Å². The summed E-state index contributed by atoms with van der Waals surface area (Å²) in [6, 6.07) is 23.5. The third-order valence-corrected chi connectivity index (χ3v) is 7.59. The van der Waals surface area contributed by atoms with Crippen molar-refractivity contribution in [1.29, 1.82) is 0 Å². The maximum atomic E-state index is 13.8. The molecule has 1 heterocycles. The van der Waals surface area contributed by atoms with Crippen LogP contribution in [0.25, 0.3) is 10.9 Å². The van der Waals surface area contributed by atoms with E-state index in [0.717, 1.165) is 22.4 Å². The molecule has 0 unspecified atom stereocenters. The average molecular weight is 645 g/mol. The van der Waals surface area contributed by atoms with E-state index in [4.69, 9.17) is 40.0 Å². The van der Waals surface area contributed by atoms with Gasteiger partial charge in [-0.15, -0.1) is 0 Å². The van der Waals surface area contributed by atoms with Gasteiger partial charge in [0.15, 0.2) is 11.5 Å². The number of benzene rings is 4. The van der Waals surface area contributed by atoms with Gasteiger partial charge in [0.25, 0.3) is 0 Å².